The maximum atomic E-state index is 12.7. The average molecular weight is 391 g/mol. The molecule has 0 unspecified atom stereocenters. The highest BCUT2D eigenvalue weighted by Crippen LogP contribution is 2.33. The van der Waals surface area contributed by atoms with Gasteiger partial charge in [-0.3, -0.25) is 4.79 Å². The predicted molar refractivity (Wildman–Crippen MR) is 96.3 cm³/mol. The summed E-state index contributed by atoms with van der Waals surface area (Å²) in [5, 5.41) is 12.0. The Morgan fingerprint density at radius 3 is 2.75 bits per heavy atom. The molecule has 1 N–H and O–H groups in total. The van der Waals surface area contributed by atoms with Crippen molar-refractivity contribution in [2.45, 2.75) is 54.8 Å². The Bertz CT molecular complexity index is 702. The van der Waals surface area contributed by atoms with Gasteiger partial charge in [0.15, 0.2) is 14.2 Å². The van der Waals surface area contributed by atoms with Crippen molar-refractivity contribution >= 4 is 44.0 Å². The van der Waals surface area contributed by atoms with Crippen LogP contribution in [-0.2, 0) is 14.6 Å². The molecule has 0 aromatic carbocycles. The van der Waals surface area contributed by atoms with E-state index in [1.807, 2.05) is 13.8 Å². The first kappa shape index (κ1) is 17.9. The van der Waals surface area contributed by atoms with Crippen molar-refractivity contribution in [3.8, 4) is 0 Å². The summed E-state index contributed by atoms with van der Waals surface area (Å²) in [5.41, 5.74) is 0. The Balaban J connectivity index is 1.59. The van der Waals surface area contributed by atoms with Crippen LogP contribution in [0.4, 0.5) is 5.13 Å². The van der Waals surface area contributed by atoms with E-state index in [9.17, 15) is 13.2 Å². The Labute approximate surface area is 150 Å². The van der Waals surface area contributed by atoms with Gasteiger partial charge in [-0.05, 0) is 33.1 Å². The standard InChI is InChI=1S/C14H22N4O3S3/c1-3-18(11-6-7-24(20,21)8-11)12(19)9(2)22-14-17-16-13(23-14)15-10-4-5-10/h9-11H,3-8H2,1-2H3,(H,15,16)/t9-,11-/m0/s1. The summed E-state index contributed by atoms with van der Waals surface area (Å²) >= 11 is 2.85. The molecule has 0 spiro atoms. The molecule has 24 heavy (non-hydrogen) atoms. The van der Waals surface area contributed by atoms with Crippen LogP contribution in [-0.4, -0.2) is 64.8 Å². The first-order valence-electron chi connectivity index (χ1n) is 8.15. The van der Waals surface area contributed by atoms with Crippen LogP contribution in [0.15, 0.2) is 4.34 Å². The van der Waals surface area contributed by atoms with Crippen LogP contribution in [0, 0.1) is 0 Å². The lowest BCUT2D eigenvalue weighted by molar-refractivity contribution is -0.131. The normalized spacial score (nSPS) is 23.8. The summed E-state index contributed by atoms with van der Waals surface area (Å²) in [7, 11) is -3.00. The second-order valence-corrected chi connectivity index (χ2v) is 11.0. The van der Waals surface area contributed by atoms with Crippen molar-refractivity contribution in [3.05, 3.63) is 0 Å². The first-order chi connectivity index (χ1) is 11.4. The lowest BCUT2D eigenvalue weighted by atomic mass is 10.2. The molecule has 3 rings (SSSR count). The number of nitrogens with one attached hydrogen (secondary N) is 1. The minimum atomic E-state index is -3.00. The van der Waals surface area contributed by atoms with E-state index in [0.29, 0.717) is 19.0 Å². The quantitative estimate of drug-likeness (QED) is 0.707. The number of carbonyl (C=O) groups is 1. The minimum absolute atomic E-state index is 0.0310. The van der Waals surface area contributed by atoms with Gasteiger partial charge in [-0.15, -0.1) is 10.2 Å². The zero-order chi connectivity index (χ0) is 17.3. The molecule has 2 heterocycles. The fourth-order valence-electron chi connectivity index (χ4n) is 2.77. The number of anilines is 1. The molecule has 1 saturated carbocycles. The van der Waals surface area contributed by atoms with Crippen LogP contribution in [0.3, 0.4) is 0 Å². The highest BCUT2D eigenvalue weighted by molar-refractivity contribution is 8.02. The Hall–Kier alpha value is -0.870. The molecule has 1 saturated heterocycles. The minimum Gasteiger partial charge on any atom is -0.357 e. The van der Waals surface area contributed by atoms with E-state index < -0.39 is 9.84 Å². The smallest absolute Gasteiger partial charge is 0.236 e. The van der Waals surface area contributed by atoms with Gasteiger partial charge in [0.05, 0.1) is 16.8 Å². The molecule has 1 aliphatic heterocycles. The molecule has 1 aliphatic carbocycles. The third-order valence-corrected chi connectivity index (χ3v) is 7.99. The molecule has 1 aromatic rings. The van der Waals surface area contributed by atoms with Gasteiger partial charge < -0.3 is 10.2 Å². The molecule has 134 valence electrons. The summed E-state index contributed by atoms with van der Waals surface area (Å²) in [4.78, 5) is 14.4. The summed E-state index contributed by atoms with van der Waals surface area (Å²) in [6.45, 7) is 4.26. The molecular formula is C14H22N4O3S3. The Kier molecular flexibility index (Phi) is 5.36. The number of carbonyl (C=O) groups excluding carboxylic acids is 1. The molecule has 0 radical (unpaired) electrons. The Morgan fingerprint density at radius 2 is 2.17 bits per heavy atom. The number of thioether (sulfide) groups is 1. The number of aromatic nitrogens is 2. The topological polar surface area (TPSA) is 92.3 Å². The lowest BCUT2D eigenvalue weighted by Crippen LogP contribution is -2.44. The first-order valence-corrected chi connectivity index (χ1v) is 11.7. The molecule has 10 heteroatoms. The predicted octanol–water partition coefficient (Wildman–Crippen LogP) is 1.63. The SMILES string of the molecule is CCN(C(=O)[C@H](C)Sc1nnc(NC2CC2)s1)[C@H]1CCS(=O)(=O)C1. The van der Waals surface area contributed by atoms with Crippen molar-refractivity contribution in [1.82, 2.24) is 15.1 Å². The van der Waals surface area contributed by atoms with Crippen molar-refractivity contribution in [2.24, 2.45) is 0 Å². The molecule has 1 aromatic heterocycles. The van der Waals surface area contributed by atoms with Gasteiger partial charge in [-0.1, -0.05) is 23.1 Å². The largest absolute Gasteiger partial charge is 0.357 e. The molecule has 7 nitrogen and oxygen atoms in total. The zero-order valence-electron chi connectivity index (χ0n) is 13.8. The summed E-state index contributed by atoms with van der Waals surface area (Å²) < 4.78 is 24.1. The van der Waals surface area contributed by atoms with E-state index in [1.54, 1.807) is 4.90 Å². The van der Waals surface area contributed by atoms with E-state index in [0.717, 1.165) is 9.47 Å². The number of hydrogen-bond donors (Lipinski definition) is 1. The fourth-order valence-corrected chi connectivity index (χ4v) is 6.54. The lowest BCUT2D eigenvalue weighted by Gasteiger charge is -2.29. The van der Waals surface area contributed by atoms with E-state index in [-0.39, 0.29) is 28.7 Å². The van der Waals surface area contributed by atoms with Gasteiger partial charge in [-0.2, -0.15) is 0 Å². The fraction of sp³-hybridized carbons (Fsp3) is 0.786. The van der Waals surface area contributed by atoms with Crippen molar-refractivity contribution < 1.29 is 13.2 Å². The van der Waals surface area contributed by atoms with Gasteiger partial charge in [0, 0.05) is 18.6 Å². The third-order valence-electron chi connectivity index (χ3n) is 4.21. The molecule has 2 aliphatic rings. The summed E-state index contributed by atoms with van der Waals surface area (Å²) in [6.07, 6.45) is 2.88. The molecule has 2 fully saturated rings. The number of amides is 1. The van der Waals surface area contributed by atoms with E-state index in [4.69, 9.17) is 0 Å². The average Bonchev–Trinajstić information content (AvgIpc) is 3.11. The van der Waals surface area contributed by atoms with Crippen LogP contribution in [0.25, 0.3) is 0 Å². The van der Waals surface area contributed by atoms with Crippen molar-refractivity contribution in [3.63, 3.8) is 0 Å². The van der Waals surface area contributed by atoms with Crippen LogP contribution < -0.4 is 5.32 Å². The number of rotatable bonds is 7. The van der Waals surface area contributed by atoms with Crippen LogP contribution in [0.2, 0.25) is 0 Å². The maximum absolute atomic E-state index is 12.7. The molecule has 1 amide bonds. The van der Waals surface area contributed by atoms with Crippen LogP contribution in [0.1, 0.15) is 33.1 Å². The molecule has 2 atom stereocenters. The van der Waals surface area contributed by atoms with E-state index >= 15 is 0 Å². The maximum Gasteiger partial charge on any atom is 0.236 e. The van der Waals surface area contributed by atoms with Crippen LogP contribution >= 0.6 is 23.1 Å². The van der Waals surface area contributed by atoms with Gasteiger partial charge in [-0.25, -0.2) is 8.42 Å². The van der Waals surface area contributed by atoms with Gasteiger partial charge >= 0.3 is 0 Å². The molecule has 0 bridgehead atoms. The number of hydrogen-bond acceptors (Lipinski definition) is 8. The third kappa shape index (κ3) is 4.40. The van der Waals surface area contributed by atoms with Gasteiger partial charge in [0.25, 0.3) is 0 Å². The number of nitrogens with zero attached hydrogens (tertiary/aromatic N) is 3. The molecular weight excluding hydrogens is 368 g/mol. The van der Waals surface area contributed by atoms with E-state index in [2.05, 4.69) is 15.5 Å². The van der Waals surface area contributed by atoms with Crippen molar-refractivity contribution in [1.29, 1.82) is 0 Å². The van der Waals surface area contributed by atoms with Gasteiger partial charge in [0.1, 0.15) is 0 Å². The second kappa shape index (κ2) is 7.17. The zero-order valence-corrected chi connectivity index (χ0v) is 16.2. The summed E-state index contributed by atoms with van der Waals surface area (Å²) in [6, 6.07) is 0.326. The summed E-state index contributed by atoms with van der Waals surface area (Å²) in [5.74, 6) is 0.227. The van der Waals surface area contributed by atoms with E-state index in [1.165, 1.54) is 35.9 Å². The highest BCUT2D eigenvalue weighted by atomic mass is 32.2. The monoisotopic (exact) mass is 390 g/mol. The van der Waals surface area contributed by atoms with Gasteiger partial charge in [0.2, 0.25) is 11.0 Å². The number of sulfone groups is 1. The Morgan fingerprint density at radius 1 is 1.42 bits per heavy atom. The van der Waals surface area contributed by atoms with Crippen molar-refractivity contribution in [2.75, 3.05) is 23.4 Å². The highest BCUT2D eigenvalue weighted by Gasteiger charge is 2.35. The second-order valence-electron chi connectivity index (χ2n) is 6.23. The van der Waals surface area contributed by atoms with Crippen LogP contribution in [0.5, 0.6) is 0 Å².